The summed E-state index contributed by atoms with van der Waals surface area (Å²) in [5.74, 6) is 2.01. The van der Waals surface area contributed by atoms with Crippen LogP contribution >= 0.6 is 0 Å². The molecule has 3 aromatic rings. The van der Waals surface area contributed by atoms with Gasteiger partial charge >= 0.3 is 0 Å². The fourth-order valence-electron chi connectivity index (χ4n) is 6.07. The fourth-order valence-corrected chi connectivity index (χ4v) is 6.07. The van der Waals surface area contributed by atoms with E-state index in [-0.39, 0.29) is 17.2 Å². The Bertz CT molecular complexity index is 1430. The van der Waals surface area contributed by atoms with Crippen molar-refractivity contribution in [3.63, 3.8) is 0 Å². The minimum absolute atomic E-state index is 0.00894. The monoisotopic (exact) mass is 545 g/mol. The zero-order chi connectivity index (χ0) is 28.4. The molecule has 0 amide bonds. The maximum Gasteiger partial charge on any atom is 0.203 e. The number of aryl methyl sites for hydroxylation is 1. The average molecular weight is 546 g/mol. The summed E-state index contributed by atoms with van der Waals surface area (Å²) in [4.78, 5) is 20.6. The van der Waals surface area contributed by atoms with E-state index in [1.54, 1.807) is 27.4 Å². The molecule has 1 heterocycles. The van der Waals surface area contributed by atoms with Crippen LogP contribution in [0.25, 0.3) is 11.1 Å². The molecule has 1 unspecified atom stereocenters. The van der Waals surface area contributed by atoms with Crippen molar-refractivity contribution >= 4 is 5.69 Å². The van der Waals surface area contributed by atoms with E-state index in [1.807, 2.05) is 43.4 Å². The molecule has 1 fully saturated rings. The Morgan fingerprint density at radius 2 is 1.68 bits per heavy atom. The average Bonchev–Trinajstić information content (AvgIpc) is 3.21. The van der Waals surface area contributed by atoms with Crippen molar-refractivity contribution in [1.82, 2.24) is 9.80 Å². The second-order valence-corrected chi connectivity index (χ2v) is 10.7. The van der Waals surface area contributed by atoms with E-state index in [4.69, 9.17) is 14.2 Å². The van der Waals surface area contributed by atoms with Gasteiger partial charge in [0.05, 0.1) is 27.0 Å². The van der Waals surface area contributed by atoms with Gasteiger partial charge in [0.1, 0.15) is 5.75 Å². The van der Waals surface area contributed by atoms with Crippen molar-refractivity contribution in [2.45, 2.75) is 25.4 Å². The van der Waals surface area contributed by atoms with Gasteiger partial charge in [-0.3, -0.25) is 9.69 Å². The molecule has 212 valence electrons. The first-order valence-corrected chi connectivity index (χ1v) is 13.8. The third-order valence-corrected chi connectivity index (χ3v) is 8.27. The molecular weight excluding hydrogens is 506 g/mol. The number of para-hydroxylation sites is 1. The summed E-state index contributed by atoms with van der Waals surface area (Å²) in [5.41, 5.74) is 5.45. The van der Waals surface area contributed by atoms with Crippen LogP contribution in [-0.2, 0) is 13.0 Å². The number of likely N-dealkylation sites (N-methyl/N-ethyl adjacent to an activating group) is 1. The molecule has 0 bridgehead atoms. The number of nitrogens with zero attached hydrogens (tertiary/aromatic N) is 3. The standard InChI is InChI=1S/C32H39N3O5/c1-33-14-16-35(17-15-33)26-13-11-23-24(19-28(26)37)25(34(2)20-22-8-6-7-9-27(22)36)12-10-21-18-29(38-3)31(39-4)32(40-5)30(21)23/h6-9,11,13,18-19,25,36H,10,12,14-17,20H2,1-5H3. The van der Waals surface area contributed by atoms with Crippen LogP contribution in [0.5, 0.6) is 23.0 Å². The van der Waals surface area contributed by atoms with Crippen LogP contribution in [0.4, 0.5) is 5.69 Å². The lowest BCUT2D eigenvalue weighted by atomic mass is 9.95. The molecule has 5 rings (SSSR count). The molecule has 1 aliphatic carbocycles. The minimum Gasteiger partial charge on any atom is -0.508 e. The minimum atomic E-state index is -0.0795. The van der Waals surface area contributed by atoms with Crippen LogP contribution in [0.1, 0.15) is 29.2 Å². The normalized spacial score (nSPS) is 17.1. The summed E-state index contributed by atoms with van der Waals surface area (Å²) in [7, 11) is 9.04. The Kier molecular flexibility index (Phi) is 8.19. The van der Waals surface area contributed by atoms with Crippen molar-refractivity contribution in [1.29, 1.82) is 0 Å². The first-order chi connectivity index (χ1) is 19.4. The van der Waals surface area contributed by atoms with Gasteiger partial charge < -0.3 is 29.1 Å². The van der Waals surface area contributed by atoms with Gasteiger partial charge in [0, 0.05) is 49.9 Å². The maximum atomic E-state index is 13.9. The van der Waals surface area contributed by atoms with Gasteiger partial charge in [-0.1, -0.05) is 24.3 Å². The molecular formula is C32H39N3O5. The Hall–Kier alpha value is -3.75. The van der Waals surface area contributed by atoms with Gasteiger partial charge in [-0.2, -0.15) is 0 Å². The molecule has 8 heteroatoms. The van der Waals surface area contributed by atoms with Crippen molar-refractivity contribution < 1.29 is 19.3 Å². The van der Waals surface area contributed by atoms with Crippen molar-refractivity contribution in [2.24, 2.45) is 0 Å². The van der Waals surface area contributed by atoms with E-state index in [0.29, 0.717) is 29.5 Å². The molecule has 0 aromatic heterocycles. The summed E-state index contributed by atoms with van der Waals surface area (Å²) < 4.78 is 17.4. The highest BCUT2D eigenvalue weighted by molar-refractivity contribution is 5.83. The quantitative estimate of drug-likeness (QED) is 0.471. The summed E-state index contributed by atoms with van der Waals surface area (Å²) in [6, 6.07) is 15.2. The molecule has 1 saturated heterocycles. The maximum absolute atomic E-state index is 13.9. The Morgan fingerprint density at radius 3 is 2.35 bits per heavy atom. The topological polar surface area (TPSA) is 74.7 Å². The van der Waals surface area contributed by atoms with E-state index in [2.05, 4.69) is 27.8 Å². The second-order valence-electron chi connectivity index (χ2n) is 10.7. The molecule has 1 aliphatic heterocycles. The molecule has 0 spiro atoms. The highest BCUT2D eigenvalue weighted by Crippen LogP contribution is 2.51. The van der Waals surface area contributed by atoms with Crippen molar-refractivity contribution in [3.05, 3.63) is 75.4 Å². The Morgan fingerprint density at radius 1 is 0.950 bits per heavy atom. The number of phenols is 1. The van der Waals surface area contributed by atoms with E-state index < -0.39 is 0 Å². The fraction of sp³-hybridized carbons (Fsp3) is 0.406. The summed E-state index contributed by atoms with van der Waals surface area (Å²) in [6.45, 7) is 3.98. The first-order valence-electron chi connectivity index (χ1n) is 13.8. The number of ether oxygens (including phenoxy) is 3. The molecule has 0 radical (unpaired) electrons. The number of aromatic hydroxyl groups is 1. The molecule has 8 nitrogen and oxygen atoms in total. The summed E-state index contributed by atoms with van der Waals surface area (Å²) in [5, 5.41) is 10.5. The van der Waals surface area contributed by atoms with Gasteiger partial charge in [0.2, 0.25) is 11.2 Å². The number of methoxy groups -OCH3 is 3. The van der Waals surface area contributed by atoms with Crippen LogP contribution in [-0.4, -0.2) is 76.5 Å². The Balaban J connectivity index is 1.70. The largest absolute Gasteiger partial charge is 0.508 e. The third kappa shape index (κ3) is 5.21. The van der Waals surface area contributed by atoms with Crippen LogP contribution in [0.3, 0.4) is 0 Å². The van der Waals surface area contributed by atoms with Crippen molar-refractivity contribution in [3.8, 4) is 34.1 Å². The van der Waals surface area contributed by atoms with Crippen molar-refractivity contribution in [2.75, 3.05) is 66.5 Å². The van der Waals surface area contributed by atoms with Crippen LogP contribution in [0.2, 0.25) is 0 Å². The second kappa shape index (κ2) is 11.8. The third-order valence-electron chi connectivity index (χ3n) is 8.27. The number of rotatable bonds is 7. The first kappa shape index (κ1) is 27.8. The van der Waals surface area contributed by atoms with Crippen LogP contribution < -0.4 is 24.5 Å². The number of anilines is 1. The number of benzene rings is 2. The lowest BCUT2D eigenvalue weighted by molar-refractivity contribution is 0.223. The SMILES string of the molecule is COc1cc2c(c(OC)c1OC)-c1ccc(N3CCN(C)CC3)c(=O)cc1C(N(C)Cc1ccccc1O)CC2. The molecule has 40 heavy (non-hydrogen) atoms. The zero-order valence-corrected chi connectivity index (χ0v) is 24.1. The number of piperazine rings is 1. The van der Waals surface area contributed by atoms with E-state index in [9.17, 15) is 9.90 Å². The van der Waals surface area contributed by atoms with E-state index in [1.165, 1.54) is 0 Å². The number of hydrogen-bond acceptors (Lipinski definition) is 8. The highest BCUT2D eigenvalue weighted by Gasteiger charge is 2.31. The number of phenolic OH excluding ortho intramolecular Hbond substituents is 1. The summed E-state index contributed by atoms with van der Waals surface area (Å²) >= 11 is 0. The molecule has 2 aliphatic rings. The summed E-state index contributed by atoms with van der Waals surface area (Å²) in [6.07, 6.45) is 1.52. The predicted octanol–water partition coefficient (Wildman–Crippen LogP) is 4.32. The van der Waals surface area contributed by atoms with Crippen LogP contribution in [0, 0.1) is 0 Å². The van der Waals surface area contributed by atoms with E-state index in [0.717, 1.165) is 66.8 Å². The molecule has 0 saturated carbocycles. The van der Waals surface area contributed by atoms with Gasteiger partial charge in [-0.15, -0.1) is 0 Å². The lowest BCUT2D eigenvalue weighted by Crippen LogP contribution is -2.45. The van der Waals surface area contributed by atoms with Gasteiger partial charge in [0.15, 0.2) is 11.5 Å². The zero-order valence-electron chi connectivity index (χ0n) is 24.1. The lowest BCUT2D eigenvalue weighted by Gasteiger charge is -2.33. The van der Waals surface area contributed by atoms with Gasteiger partial charge in [-0.05, 0) is 67.9 Å². The smallest absolute Gasteiger partial charge is 0.203 e. The number of fused-ring (bicyclic) bond motifs is 3. The highest BCUT2D eigenvalue weighted by atomic mass is 16.5. The molecule has 1 N–H and O–H groups in total. The van der Waals surface area contributed by atoms with E-state index >= 15 is 0 Å². The Labute approximate surface area is 236 Å². The van der Waals surface area contributed by atoms with Gasteiger partial charge in [-0.25, -0.2) is 0 Å². The molecule has 1 atom stereocenters. The van der Waals surface area contributed by atoms with Gasteiger partial charge in [0.25, 0.3) is 0 Å². The predicted molar refractivity (Wildman–Crippen MR) is 158 cm³/mol. The number of hydrogen-bond donors (Lipinski definition) is 1. The molecule has 3 aromatic carbocycles. The van der Waals surface area contributed by atoms with Crippen LogP contribution in [0.15, 0.2) is 53.3 Å².